The van der Waals surface area contributed by atoms with E-state index in [1.54, 1.807) is 18.2 Å². The molecule has 4 amide bonds. The zero-order chi connectivity index (χ0) is 25.8. The first-order valence-electron chi connectivity index (χ1n) is 10.8. The lowest BCUT2D eigenvalue weighted by Gasteiger charge is -2.26. The third-order valence-electron chi connectivity index (χ3n) is 5.18. The fourth-order valence-electron chi connectivity index (χ4n) is 3.50. The van der Waals surface area contributed by atoms with Crippen molar-refractivity contribution in [2.75, 3.05) is 11.5 Å². The van der Waals surface area contributed by atoms with Crippen molar-refractivity contribution >= 4 is 63.8 Å². The van der Waals surface area contributed by atoms with E-state index in [2.05, 4.69) is 27.9 Å². The largest absolute Gasteiger partial charge is 0.508 e. The highest BCUT2D eigenvalue weighted by atomic mass is 127. The molecule has 184 valence electrons. The maximum absolute atomic E-state index is 13.1. The number of anilines is 1. The number of barbiturate groups is 1. The van der Waals surface area contributed by atoms with E-state index in [0.717, 1.165) is 10.5 Å². The van der Waals surface area contributed by atoms with E-state index in [1.165, 1.54) is 30.3 Å². The van der Waals surface area contributed by atoms with Gasteiger partial charge in [0.15, 0.2) is 11.5 Å². The van der Waals surface area contributed by atoms with E-state index >= 15 is 0 Å². The van der Waals surface area contributed by atoms with Crippen LogP contribution in [0.3, 0.4) is 0 Å². The van der Waals surface area contributed by atoms with Gasteiger partial charge in [0.2, 0.25) is 0 Å². The van der Waals surface area contributed by atoms with Crippen LogP contribution in [0.5, 0.6) is 17.2 Å². The summed E-state index contributed by atoms with van der Waals surface area (Å²) in [6, 6.07) is 15.4. The summed E-state index contributed by atoms with van der Waals surface area (Å²) >= 11 is 8.32. The molecule has 0 aromatic heterocycles. The maximum atomic E-state index is 13.1. The predicted molar refractivity (Wildman–Crippen MR) is 143 cm³/mol. The van der Waals surface area contributed by atoms with Crippen LogP contribution in [0.25, 0.3) is 6.08 Å². The summed E-state index contributed by atoms with van der Waals surface area (Å²) in [6.07, 6.45) is 1.39. The first-order chi connectivity index (χ1) is 17.3. The third kappa shape index (κ3) is 5.47. The number of imide groups is 2. The Morgan fingerprint density at radius 1 is 1.06 bits per heavy atom. The summed E-state index contributed by atoms with van der Waals surface area (Å²) in [4.78, 5) is 38.9. The lowest BCUT2D eigenvalue weighted by molar-refractivity contribution is -0.122. The summed E-state index contributed by atoms with van der Waals surface area (Å²) in [5.74, 6) is -0.697. The Labute approximate surface area is 225 Å². The minimum absolute atomic E-state index is 0.0228. The topological polar surface area (TPSA) is 105 Å². The van der Waals surface area contributed by atoms with Gasteiger partial charge in [0.25, 0.3) is 11.8 Å². The van der Waals surface area contributed by atoms with Crippen molar-refractivity contribution < 1.29 is 29.0 Å². The summed E-state index contributed by atoms with van der Waals surface area (Å²) in [5, 5.41) is 12.3. The fraction of sp³-hybridized carbons (Fsp3) is 0.115. The number of phenolic OH excluding ortho intramolecular Hbond substituents is 1. The van der Waals surface area contributed by atoms with Gasteiger partial charge < -0.3 is 14.6 Å². The summed E-state index contributed by atoms with van der Waals surface area (Å²) in [5.41, 5.74) is 1.30. The van der Waals surface area contributed by atoms with Crippen LogP contribution in [0, 0.1) is 3.57 Å². The van der Waals surface area contributed by atoms with Crippen molar-refractivity contribution in [3.05, 3.63) is 86.0 Å². The number of carbonyl (C=O) groups is 3. The summed E-state index contributed by atoms with van der Waals surface area (Å²) in [7, 11) is 0. The van der Waals surface area contributed by atoms with E-state index in [1.807, 2.05) is 25.1 Å². The molecular weight excluding hydrogens is 599 g/mol. The molecule has 0 radical (unpaired) electrons. The van der Waals surface area contributed by atoms with Crippen LogP contribution in [0.1, 0.15) is 18.1 Å². The molecule has 3 aromatic carbocycles. The second-order valence-corrected chi connectivity index (χ2v) is 9.19. The van der Waals surface area contributed by atoms with E-state index in [9.17, 15) is 19.5 Å². The number of hydrogen-bond donors (Lipinski definition) is 2. The zero-order valence-corrected chi connectivity index (χ0v) is 21.9. The molecule has 1 saturated heterocycles. The Hall–Kier alpha value is -3.57. The van der Waals surface area contributed by atoms with Gasteiger partial charge in [0.05, 0.1) is 15.9 Å². The van der Waals surface area contributed by atoms with Gasteiger partial charge in [-0.1, -0.05) is 29.8 Å². The smallest absolute Gasteiger partial charge is 0.335 e. The van der Waals surface area contributed by atoms with E-state index in [4.69, 9.17) is 21.1 Å². The second-order valence-electron chi connectivity index (χ2n) is 7.62. The number of carbonyl (C=O) groups excluding carboxylic acids is 3. The van der Waals surface area contributed by atoms with Crippen LogP contribution in [-0.4, -0.2) is 29.6 Å². The number of phenols is 1. The average Bonchev–Trinajstić information content (AvgIpc) is 2.83. The number of amides is 4. The molecule has 8 nitrogen and oxygen atoms in total. The maximum Gasteiger partial charge on any atom is 0.335 e. The van der Waals surface area contributed by atoms with Crippen molar-refractivity contribution in [1.82, 2.24) is 5.32 Å². The highest BCUT2D eigenvalue weighted by molar-refractivity contribution is 14.1. The van der Waals surface area contributed by atoms with Gasteiger partial charge in [-0.3, -0.25) is 14.9 Å². The van der Waals surface area contributed by atoms with Gasteiger partial charge in [-0.15, -0.1) is 0 Å². The molecule has 0 bridgehead atoms. The molecule has 4 rings (SSSR count). The fourth-order valence-corrected chi connectivity index (χ4v) is 4.47. The molecule has 0 spiro atoms. The quantitative estimate of drug-likeness (QED) is 0.212. The molecule has 0 aliphatic carbocycles. The van der Waals surface area contributed by atoms with Crippen LogP contribution in [0.2, 0.25) is 5.02 Å². The number of nitrogens with zero attached hydrogens (tertiary/aromatic N) is 1. The molecule has 0 saturated carbocycles. The lowest BCUT2D eigenvalue weighted by atomic mass is 10.1. The number of urea groups is 1. The third-order valence-corrected chi connectivity index (χ3v) is 6.35. The van der Waals surface area contributed by atoms with Crippen molar-refractivity contribution in [3.8, 4) is 17.2 Å². The van der Waals surface area contributed by atoms with E-state index in [-0.39, 0.29) is 23.6 Å². The van der Waals surface area contributed by atoms with Crippen molar-refractivity contribution in [3.63, 3.8) is 0 Å². The van der Waals surface area contributed by atoms with Crippen molar-refractivity contribution in [2.45, 2.75) is 13.5 Å². The monoisotopic (exact) mass is 618 g/mol. The number of nitrogens with one attached hydrogen (secondary N) is 1. The predicted octanol–water partition coefficient (Wildman–Crippen LogP) is 5.29. The Morgan fingerprint density at radius 2 is 1.78 bits per heavy atom. The lowest BCUT2D eigenvalue weighted by Crippen LogP contribution is -2.54. The van der Waals surface area contributed by atoms with E-state index < -0.39 is 17.8 Å². The molecule has 0 atom stereocenters. The highest BCUT2D eigenvalue weighted by Gasteiger charge is 2.36. The van der Waals surface area contributed by atoms with Gasteiger partial charge >= 0.3 is 6.03 Å². The minimum Gasteiger partial charge on any atom is -0.508 e. The van der Waals surface area contributed by atoms with Crippen LogP contribution in [-0.2, 0) is 16.2 Å². The Balaban J connectivity index is 1.66. The Kier molecular flexibility index (Phi) is 7.80. The summed E-state index contributed by atoms with van der Waals surface area (Å²) < 4.78 is 12.5. The number of halogens is 2. The molecule has 1 aliphatic rings. The van der Waals surface area contributed by atoms with Crippen LogP contribution >= 0.6 is 34.2 Å². The van der Waals surface area contributed by atoms with Crippen LogP contribution in [0.4, 0.5) is 10.5 Å². The average molecular weight is 619 g/mol. The van der Waals surface area contributed by atoms with Crippen LogP contribution in [0.15, 0.2) is 66.2 Å². The number of aromatic hydroxyl groups is 1. The number of hydrogen-bond acceptors (Lipinski definition) is 6. The van der Waals surface area contributed by atoms with Gasteiger partial charge in [0, 0.05) is 10.6 Å². The zero-order valence-electron chi connectivity index (χ0n) is 19.0. The van der Waals surface area contributed by atoms with Crippen molar-refractivity contribution in [2.24, 2.45) is 0 Å². The normalized spacial score (nSPS) is 14.7. The Morgan fingerprint density at radius 3 is 2.47 bits per heavy atom. The molecular formula is C26H20ClIN2O6. The van der Waals surface area contributed by atoms with Crippen molar-refractivity contribution in [1.29, 1.82) is 0 Å². The SMILES string of the molecule is CCOc1cc(/C=C2\C(=O)NC(=O)N(c3ccc(O)cc3)C2=O)cc(I)c1OCc1ccccc1Cl. The highest BCUT2D eigenvalue weighted by Crippen LogP contribution is 2.36. The van der Waals surface area contributed by atoms with E-state index in [0.29, 0.717) is 32.3 Å². The molecule has 2 N–H and O–H groups in total. The molecule has 1 aliphatic heterocycles. The second kappa shape index (κ2) is 11.0. The first kappa shape index (κ1) is 25.5. The summed E-state index contributed by atoms with van der Waals surface area (Å²) in [6.45, 7) is 2.41. The Bertz CT molecular complexity index is 1370. The van der Waals surface area contributed by atoms with Gasteiger partial charge in [-0.2, -0.15) is 0 Å². The first-order valence-corrected chi connectivity index (χ1v) is 12.3. The standard InChI is InChI=1S/C26H20ClIN2O6/c1-2-35-22-13-15(12-21(28)23(22)36-14-16-5-3-4-6-20(16)27)11-19-24(32)29-26(34)30(25(19)33)17-7-9-18(31)10-8-17/h3-13,31H,2,14H2,1H3,(H,29,32,34)/b19-11+. The van der Waals surface area contributed by atoms with Gasteiger partial charge in [-0.25, -0.2) is 9.69 Å². The molecule has 10 heteroatoms. The number of ether oxygens (including phenoxy) is 2. The number of rotatable bonds is 7. The van der Waals surface area contributed by atoms with Crippen LogP contribution < -0.4 is 19.7 Å². The minimum atomic E-state index is -0.874. The molecule has 36 heavy (non-hydrogen) atoms. The molecule has 3 aromatic rings. The molecule has 1 fully saturated rings. The van der Waals surface area contributed by atoms with Gasteiger partial charge in [0.1, 0.15) is 17.9 Å². The molecule has 1 heterocycles. The number of benzene rings is 3. The molecule has 0 unspecified atom stereocenters. The van der Waals surface area contributed by atoms with Gasteiger partial charge in [-0.05, 0) is 83.6 Å².